The topological polar surface area (TPSA) is 152 Å². The lowest BCUT2D eigenvalue weighted by atomic mass is 10.2. The first-order chi connectivity index (χ1) is 9.77. The Morgan fingerprint density at radius 3 is 2.43 bits per heavy atom. The van der Waals surface area contributed by atoms with Crippen molar-refractivity contribution in [3.8, 4) is 0 Å². The highest BCUT2D eigenvalue weighted by atomic mass is 16.4. The van der Waals surface area contributed by atoms with Crippen LogP contribution in [0.1, 0.15) is 25.7 Å². The van der Waals surface area contributed by atoms with Gasteiger partial charge in [0.25, 0.3) is 0 Å². The molecule has 1 aromatic heterocycles. The number of nitrogens with two attached hydrogens (primary N) is 1. The number of aliphatic carboxylic acids is 1. The lowest BCUT2D eigenvalue weighted by Crippen LogP contribution is -2.41. The average molecular weight is 299 g/mol. The number of nitrogens with one attached hydrogen (secondary N) is 1. The lowest BCUT2D eigenvalue weighted by Gasteiger charge is -2.16. The van der Waals surface area contributed by atoms with Gasteiger partial charge in [0.05, 0.1) is 19.6 Å². The molecule has 0 aliphatic rings. The lowest BCUT2D eigenvalue weighted by molar-refractivity contribution is -0.138. The molecule has 0 spiro atoms. The van der Waals surface area contributed by atoms with Gasteiger partial charge in [0.1, 0.15) is 0 Å². The highest BCUT2D eigenvalue weighted by Crippen LogP contribution is 2.14. The number of hydrogen-bond acceptors (Lipinski definition) is 7. The van der Waals surface area contributed by atoms with Crippen LogP contribution in [-0.4, -0.2) is 57.6 Å². The number of amides is 2. The highest BCUT2D eigenvalue weighted by molar-refractivity contribution is 5.91. The van der Waals surface area contributed by atoms with E-state index in [0.717, 1.165) is 4.90 Å². The number of primary amides is 1. The fraction of sp³-hybridized carbons (Fsp3) is 0.545. The van der Waals surface area contributed by atoms with Crippen molar-refractivity contribution >= 4 is 23.8 Å². The quantitative estimate of drug-likeness (QED) is 0.553. The molecule has 2 amide bonds. The van der Waals surface area contributed by atoms with Crippen molar-refractivity contribution in [1.82, 2.24) is 15.1 Å². The average Bonchev–Trinajstić information content (AvgIpc) is 2.75. The molecule has 0 saturated heterocycles. The SMILES string of the molecule is CC(C)c1nnc(NC(=O)CN(CC(N)=O)CC(=O)O)o1. The van der Waals surface area contributed by atoms with E-state index in [1.165, 1.54) is 0 Å². The number of carbonyl (C=O) groups excluding carboxylic acids is 2. The van der Waals surface area contributed by atoms with Crippen LogP contribution < -0.4 is 11.1 Å². The van der Waals surface area contributed by atoms with Crippen molar-refractivity contribution < 1.29 is 23.9 Å². The van der Waals surface area contributed by atoms with Crippen LogP contribution in [0.5, 0.6) is 0 Å². The van der Waals surface area contributed by atoms with E-state index >= 15 is 0 Å². The van der Waals surface area contributed by atoms with Gasteiger partial charge in [-0.2, -0.15) is 0 Å². The van der Waals surface area contributed by atoms with Crippen molar-refractivity contribution in [2.75, 3.05) is 25.0 Å². The van der Waals surface area contributed by atoms with E-state index in [9.17, 15) is 14.4 Å². The van der Waals surface area contributed by atoms with Crippen LogP contribution in [0, 0.1) is 0 Å². The second-order valence-electron chi connectivity index (χ2n) is 4.65. The minimum Gasteiger partial charge on any atom is -0.480 e. The summed E-state index contributed by atoms with van der Waals surface area (Å²) in [7, 11) is 0. The van der Waals surface area contributed by atoms with Gasteiger partial charge in [-0.25, -0.2) is 0 Å². The third kappa shape index (κ3) is 5.99. The minimum atomic E-state index is -1.18. The van der Waals surface area contributed by atoms with Gasteiger partial charge in [0, 0.05) is 5.92 Å². The van der Waals surface area contributed by atoms with E-state index in [2.05, 4.69) is 15.5 Å². The largest absolute Gasteiger partial charge is 0.480 e. The zero-order chi connectivity index (χ0) is 16.0. The van der Waals surface area contributed by atoms with Crippen molar-refractivity contribution in [2.24, 2.45) is 5.73 Å². The second-order valence-corrected chi connectivity index (χ2v) is 4.65. The molecular formula is C11H17N5O5. The summed E-state index contributed by atoms with van der Waals surface area (Å²) in [6, 6.07) is -0.0851. The molecule has 0 aliphatic carbocycles. The van der Waals surface area contributed by atoms with Crippen molar-refractivity contribution in [3.63, 3.8) is 0 Å². The molecule has 1 rings (SSSR count). The van der Waals surface area contributed by atoms with Gasteiger partial charge in [0.2, 0.25) is 17.7 Å². The Balaban J connectivity index is 2.59. The van der Waals surface area contributed by atoms with Gasteiger partial charge >= 0.3 is 12.0 Å². The molecule has 1 aromatic rings. The molecule has 10 nitrogen and oxygen atoms in total. The van der Waals surface area contributed by atoms with Gasteiger partial charge in [-0.1, -0.05) is 18.9 Å². The maximum atomic E-state index is 11.7. The Morgan fingerprint density at radius 1 is 1.29 bits per heavy atom. The Hall–Kier alpha value is -2.49. The third-order valence-corrected chi connectivity index (χ3v) is 2.29. The number of anilines is 1. The first kappa shape index (κ1) is 16.6. The highest BCUT2D eigenvalue weighted by Gasteiger charge is 2.18. The summed E-state index contributed by atoms with van der Waals surface area (Å²) in [5.41, 5.74) is 4.99. The molecule has 0 saturated carbocycles. The van der Waals surface area contributed by atoms with Crippen LogP contribution in [0.4, 0.5) is 6.01 Å². The predicted molar refractivity (Wildman–Crippen MR) is 70.3 cm³/mol. The molecule has 0 unspecified atom stereocenters. The molecule has 0 radical (unpaired) electrons. The monoisotopic (exact) mass is 299 g/mol. The summed E-state index contributed by atoms with van der Waals surface area (Å²) in [5, 5.41) is 18.4. The zero-order valence-corrected chi connectivity index (χ0v) is 11.7. The number of nitrogens with zero attached hydrogens (tertiary/aromatic N) is 3. The van der Waals surface area contributed by atoms with E-state index in [-0.39, 0.29) is 25.0 Å². The van der Waals surface area contributed by atoms with Gasteiger partial charge < -0.3 is 15.3 Å². The van der Waals surface area contributed by atoms with Crippen LogP contribution in [0.15, 0.2) is 4.42 Å². The van der Waals surface area contributed by atoms with E-state index in [4.69, 9.17) is 15.3 Å². The fourth-order valence-corrected chi connectivity index (χ4v) is 1.46. The van der Waals surface area contributed by atoms with E-state index in [0.29, 0.717) is 5.89 Å². The van der Waals surface area contributed by atoms with Crippen LogP contribution in [0.25, 0.3) is 0 Å². The molecule has 4 N–H and O–H groups in total. The molecule has 21 heavy (non-hydrogen) atoms. The summed E-state index contributed by atoms with van der Waals surface area (Å²) in [6.07, 6.45) is 0. The number of aromatic nitrogens is 2. The summed E-state index contributed by atoms with van der Waals surface area (Å²) in [5.74, 6) is -2.12. The Kier molecular flexibility index (Phi) is 5.79. The molecule has 10 heteroatoms. The van der Waals surface area contributed by atoms with Crippen LogP contribution in [-0.2, 0) is 14.4 Å². The van der Waals surface area contributed by atoms with Gasteiger partial charge in [0.15, 0.2) is 0 Å². The number of rotatable bonds is 8. The minimum absolute atomic E-state index is 0.0153. The molecule has 0 atom stereocenters. The maximum Gasteiger partial charge on any atom is 0.322 e. The van der Waals surface area contributed by atoms with Gasteiger partial charge in [-0.3, -0.25) is 24.6 Å². The number of carboxylic acids is 1. The summed E-state index contributed by atoms with van der Waals surface area (Å²) >= 11 is 0. The van der Waals surface area contributed by atoms with Gasteiger partial charge in [-0.05, 0) is 0 Å². The second kappa shape index (κ2) is 7.33. The molecule has 0 aliphatic heterocycles. The maximum absolute atomic E-state index is 11.7. The standard InChI is InChI=1S/C11H17N5O5/c1-6(2)10-14-15-11(21-10)13-8(18)4-16(3-7(12)17)5-9(19)20/h6H,3-5H2,1-2H3,(H2,12,17)(H,19,20)(H,13,15,18). The molecule has 1 heterocycles. The van der Waals surface area contributed by atoms with E-state index < -0.39 is 24.3 Å². The molecule has 0 bridgehead atoms. The van der Waals surface area contributed by atoms with Crippen molar-refractivity contribution in [2.45, 2.75) is 19.8 Å². The van der Waals surface area contributed by atoms with Crippen LogP contribution in [0.2, 0.25) is 0 Å². The number of hydrogen-bond donors (Lipinski definition) is 3. The predicted octanol–water partition coefficient (Wildman–Crippen LogP) is -0.997. The summed E-state index contributed by atoms with van der Waals surface area (Å²) in [4.78, 5) is 34.3. The normalized spacial score (nSPS) is 10.9. The molecular weight excluding hydrogens is 282 g/mol. The van der Waals surface area contributed by atoms with Crippen LogP contribution in [0.3, 0.4) is 0 Å². The first-order valence-electron chi connectivity index (χ1n) is 6.13. The van der Waals surface area contributed by atoms with Crippen LogP contribution >= 0.6 is 0 Å². The first-order valence-corrected chi connectivity index (χ1v) is 6.13. The number of carboxylic acid groups (broad SMARTS) is 1. The van der Waals surface area contributed by atoms with Gasteiger partial charge in [-0.15, -0.1) is 5.10 Å². The van der Waals surface area contributed by atoms with Crippen molar-refractivity contribution in [1.29, 1.82) is 0 Å². The molecule has 0 aromatic carbocycles. The smallest absolute Gasteiger partial charge is 0.322 e. The molecule has 116 valence electrons. The Bertz CT molecular complexity index is 511. The van der Waals surface area contributed by atoms with E-state index in [1.54, 1.807) is 0 Å². The summed E-state index contributed by atoms with van der Waals surface area (Å²) in [6.45, 7) is 2.52. The summed E-state index contributed by atoms with van der Waals surface area (Å²) < 4.78 is 5.18. The Morgan fingerprint density at radius 2 is 1.95 bits per heavy atom. The zero-order valence-electron chi connectivity index (χ0n) is 11.7. The number of carbonyl (C=O) groups is 3. The Labute approximate surface area is 120 Å². The third-order valence-electron chi connectivity index (χ3n) is 2.29. The van der Waals surface area contributed by atoms with E-state index in [1.807, 2.05) is 13.8 Å². The fourth-order valence-electron chi connectivity index (χ4n) is 1.46. The van der Waals surface area contributed by atoms with Crippen molar-refractivity contribution in [3.05, 3.63) is 5.89 Å². The molecule has 0 fully saturated rings.